The highest BCUT2D eigenvalue weighted by Gasteiger charge is 2.24. The van der Waals surface area contributed by atoms with Gasteiger partial charge in [0, 0.05) is 6.54 Å². The predicted molar refractivity (Wildman–Crippen MR) is 72.8 cm³/mol. The van der Waals surface area contributed by atoms with Crippen molar-refractivity contribution in [2.75, 3.05) is 4.31 Å². The first-order valence-corrected chi connectivity index (χ1v) is 7.47. The van der Waals surface area contributed by atoms with Crippen LogP contribution in [-0.2, 0) is 17.8 Å². The fraction of sp³-hybridized carbons (Fsp3) is 0.300. The van der Waals surface area contributed by atoms with Crippen LogP contribution in [0.4, 0.5) is 10.7 Å². The minimum Gasteiger partial charge on any atom is -0.755 e. The van der Waals surface area contributed by atoms with Crippen LogP contribution in [0.3, 0.4) is 0 Å². The summed E-state index contributed by atoms with van der Waals surface area (Å²) in [6.07, 6.45) is 1.39. The average molecular weight is 315 g/mol. The largest absolute Gasteiger partial charge is 0.755 e. The van der Waals surface area contributed by atoms with Gasteiger partial charge in [0.1, 0.15) is 5.00 Å². The summed E-state index contributed by atoms with van der Waals surface area (Å²) in [5.74, 6) is -1.28. The molecular weight excluding hydrogens is 304 g/mol. The van der Waals surface area contributed by atoms with E-state index in [0.717, 1.165) is 15.6 Å². The van der Waals surface area contributed by atoms with Crippen LogP contribution in [-0.4, -0.2) is 34.6 Å². The second-order valence-electron chi connectivity index (χ2n) is 3.75. The number of aromatic nitrogens is 3. The molecule has 0 spiro atoms. The Kier molecular flexibility index (Phi) is 4.16. The van der Waals surface area contributed by atoms with E-state index in [-0.39, 0.29) is 10.7 Å². The molecule has 0 bridgehead atoms. The monoisotopic (exact) mass is 315 g/mol. The van der Waals surface area contributed by atoms with Crippen molar-refractivity contribution >= 4 is 39.3 Å². The van der Waals surface area contributed by atoms with E-state index in [1.807, 2.05) is 6.92 Å². The Morgan fingerprint density at radius 2 is 2.35 bits per heavy atom. The van der Waals surface area contributed by atoms with E-state index in [0.29, 0.717) is 17.9 Å². The molecule has 2 aromatic heterocycles. The van der Waals surface area contributed by atoms with Gasteiger partial charge in [-0.2, -0.15) is 5.10 Å². The zero-order chi connectivity index (χ0) is 14.9. The van der Waals surface area contributed by atoms with E-state index in [2.05, 4.69) is 10.1 Å². The zero-order valence-corrected chi connectivity index (χ0v) is 12.3. The molecule has 0 aliphatic heterocycles. The number of rotatable bonds is 5. The summed E-state index contributed by atoms with van der Waals surface area (Å²) in [6.45, 7) is 4.17. The van der Waals surface area contributed by atoms with Crippen LogP contribution in [0.1, 0.15) is 23.1 Å². The Balaban J connectivity index is 2.57. The maximum Gasteiger partial charge on any atom is 0.357 e. The zero-order valence-electron chi connectivity index (χ0n) is 10.6. The molecule has 2 rings (SSSR count). The second-order valence-corrected chi connectivity index (χ2v) is 5.39. The summed E-state index contributed by atoms with van der Waals surface area (Å²) >= 11 is -1.73. The molecule has 0 saturated heterocycles. The van der Waals surface area contributed by atoms with Crippen LogP contribution in [0, 0.1) is 6.92 Å². The molecule has 1 unspecified atom stereocenters. The fourth-order valence-electron chi connectivity index (χ4n) is 1.74. The van der Waals surface area contributed by atoms with Crippen molar-refractivity contribution in [1.82, 2.24) is 14.8 Å². The van der Waals surface area contributed by atoms with Crippen molar-refractivity contribution in [1.29, 1.82) is 0 Å². The molecule has 0 fully saturated rings. The van der Waals surface area contributed by atoms with Gasteiger partial charge in [-0.05, 0) is 13.8 Å². The molecule has 0 saturated carbocycles. The van der Waals surface area contributed by atoms with Gasteiger partial charge in [0.2, 0.25) is 0 Å². The first-order chi connectivity index (χ1) is 9.47. The quantitative estimate of drug-likeness (QED) is 0.832. The minimum absolute atomic E-state index is 0.0320. The van der Waals surface area contributed by atoms with Gasteiger partial charge < -0.3 is 9.66 Å². The number of carboxylic acids is 1. The van der Waals surface area contributed by atoms with E-state index in [4.69, 9.17) is 5.11 Å². The standard InChI is InChI=1S/C10H12N4O4S2/c1-3-13-6(2)7(4-12-13)14(20(17)18)9-8(10(15)16)11-5-19-9/h4-5H,3H2,1-2H3,(H,15,16)(H,17,18)/p-1. The smallest absolute Gasteiger partial charge is 0.357 e. The van der Waals surface area contributed by atoms with Gasteiger partial charge in [-0.15, -0.1) is 11.3 Å². The van der Waals surface area contributed by atoms with E-state index >= 15 is 0 Å². The molecule has 0 aliphatic carbocycles. The van der Waals surface area contributed by atoms with Gasteiger partial charge >= 0.3 is 5.97 Å². The molecule has 2 aromatic rings. The SMILES string of the molecule is CCn1ncc(N(c2scnc2C(=O)O)S(=O)[O-])c1C. The Bertz CT molecular complexity index is 666. The van der Waals surface area contributed by atoms with Crippen molar-refractivity contribution in [3.8, 4) is 0 Å². The molecule has 20 heavy (non-hydrogen) atoms. The molecule has 10 heteroatoms. The number of carboxylic acid groups (broad SMARTS) is 1. The summed E-state index contributed by atoms with van der Waals surface area (Å²) in [5.41, 5.74) is 1.93. The molecule has 108 valence electrons. The molecule has 1 N–H and O–H groups in total. The molecule has 8 nitrogen and oxygen atoms in total. The van der Waals surface area contributed by atoms with E-state index < -0.39 is 17.2 Å². The number of carbonyl (C=O) groups is 1. The molecular formula is C10H11N4O4S2-. The summed E-state index contributed by atoms with van der Waals surface area (Å²) < 4.78 is 25.5. The predicted octanol–water partition coefficient (Wildman–Crippen LogP) is 1.30. The normalized spacial score (nSPS) is 12.3. The minimum atomic E-state index is -2.67. The Morgan fingerprint density at radius 1 is 1.65 bits per heavy atom. The van der Waals surface area contributed by atoms with Gasteiger partial charge in [-0.25, -0.2) is 9.78 Å². The van der Waals surface area contributed by atoms with E-state index in [9.17, 15) is 13.6 Å². The lowest BCUT2D eigenvalue weighted by Crippen LogP contribution is -2.21. The first kappa shape index (κ1) is 14.6. The molecule has 0 aromatic carbocycles. The van der Waals surface area contributed by atoms with Crippen molar-refractivity contribution in [2.45, 2.75) is 20.4 Å². The van der Waals surface area contributed by atoms with Gasteiger partial charge in [0.15, 0.2) is 5.69 Å². The highest BCUT2D eigenvalue weighted by molar-refractivity contribution is 7.81. The van der Waals surface area contributed by atoms with Gasteiger partial charge in [0.05, 0.1) is 34.4 Å². The topological polar surface area (TPSA) is 111 Å². The van der Waals surface area contributed by atoms with E-state index in [1.165, 1.54) is 11.7 Å². The van der Waals surface area contributed by atoms with Gasteiger partial charge in [-0.1, -0.05) is 0 Å². The third kappa shape index (κ3) is 2.44. The van der Waals surface area contributed by atoms with Crippen molar-refractivity contribution in [2.24, 2.45) is 0 Å². The van der Waals surface area contributed by atoms with Gasteiger partial charge in [-0.3, -0.25) is 13.2 Å². The summed E-state index contributed by atoms with van der Waals surface area (Å²) in [7, 11) is 0. The maximum atomic E-state index is 11.5. The van der Waals surface area contributed by atoms with Crippen LogP contribution < -0.4 is 4.31 Å². The van der Waals surface area contributed by atoms with Crippen molar-refractivity contribution in [3.05, 3.63) is 23.1 Å². The lowest BCUT2D eigenvalue weighted by atomic mass is 10.3. The van der Waals surface area contributed by atoms with E-state index in [1.54, 1.807) is 11.6 Å². The van der Waals surface area contributed by atoms with Crippen LogP contribution in [0.2, 0.25) is 0 Å². The number of aryl methyl sites for hydroxylation is 1. The summed E-state index contributed by atoms with van der Waals surface area (Å²) in [5, 5.41) is 13.1. The second kappa shape index (κ2) is 5.69. The molecule has 0 amide bonds. The summed E-state index contributed by atoms with van der Waals surface area (Å²) in [4.78, 5) is 14.8. The fourth-order valence-corrected chi connectivity index (χ4v) is 3.32. The maximum absolute atomic E-state index is 11.5. The Hall–Kier alpha value is -1.78. The molecule has 0 aliphatic rings. The number of anilines is 2. The summed E-state index contributed by atoms with van der Waals surface area (Å²) in [6, 6.07) is 0. The lowest BCUT2D eigenvalue weighted by molar-refractivity contribution is 0.0692. The average Bonchev–Trinajstić information content (AvgIpc) is 2.98. The van der Waals surface area contributed by atoms with Crippen molar-refractivity contribution in [3.63, 3.8) is 0 Å². The van der Waals surface area contributed by atoms with Crippen LogP contribution in [0.25, 0.3) is 0 Å². The third-order valence-electron chi connectivity index (χ3n) is 2.68. The van der Waals surface area contributed by atoms with Crippen LogP contribution >= 0.6 is 11.3 Å². The molecule has 2 heterocycles. The molecule has 1 atom stereocenters. The highest BCUT2D eigenvalue weighted by atomic mass is 32.2. The number of aromatic carboxylic acids is 1. The van der Waals surface area contributed by atoms with Crippen molar-refractivity contribution < 1.29 is 18.7 Å². The number of thiazole rings is 1. The lowest BCUT2D eigenvalue weighted by Gasteiger charge is -2.24. The number of hydrogen-bond donors (Lipinski definition) is 1. The number of hydrogen-bond acceptors (Lipinski definition) is 6. The third-order valence-corrected chi connectivity index (χ3v) is 4.28. The Morgan fingerprint density at radius 3 is 2.85 bits per heavy atom. The van der Waals surface area contributed by atoms with Gasteiger partial charge in [0.25, 0.3) is 0 Å². The van der Waals surface area contributed by atoms with Crippen LogP contribution in [0.5, 0.6) is 0 Å². The first-order valence-electron chi connectivity index (χ1n) is 5.56. The highest BCUT2D eigenvalue weighted by Crippen LogP contribution is 2.34. The van der Waals surface area contributed by atoms with Crippen LogP contribution in [0.15, 0.2) is 11.7 Å². The molecule has 0 radical (unpaired) electrons. The number of nitrogens with zero attached hydrogens (tertiary/aromatic N) is 4. The Labute approximate surface area is 121 Å².